The second kappa shape index (κ2) is 5.41. The molecule has 3 rings (SSSR count). The highest BCUT2D eigenvalue weighted by Gasteiger charge is 2.34. The smallest absolute Gasteiger partial charge is 0.147 e. The van der Waals surface area contributed by atoms with Crippen LogP contribution in [0.25, 0.3) is 0 Å². The number of benzene rings is 1. The van der Waals surface area contributed by atoms with E-state index in [9.17, 15) is 9.50 Å². The number of aryl methyl sites for hydroxylation is 1. The summed E-state index contributed by atoms with van der Waals surface area (Å²) in [5, 5.41) is 10.8. The van der Waals surface area contributed by atoms with Crippen LogP contribution in [0.1, 0.15) is 24.1 Å². The first-order valence-corrected chi connectivity index (χ1v) is 7.09. The van der Waals surface area contributed by atoms with Gasteiger partial charge in [0.2, 0.25) is 0 Å². The number of rotatable bonds is 2. The van der Waals surface area contributed by atoms with Gasteiger partial charge in [-0.3, -0.25) is 4.98 Å². The molecule has 0 radical (unpaired) electrons. The average molecular weight is 287 g/mol. The van der Waals surface area contributed by atoms with Crippen molar-refractivity contribution in [3.05, 3.63) is 53.7 Å². The molecule has 1 aliphatic heterocycles. The molecule has 0 spiro atoms. The Labute approximate surface area is 123 Å². The summed E-state index contributed by atoms with van der Waals surface area (Å²) >= 11 is 0. The minimum atomic E-state index is -0.887. The molecule has 1 aromatic heterocycles. The molecule has 4 nitrogen and oxygen atoms in total. The normalized spacial score (nSPS) is 17.8. The quantitative estimate of drug-likeness (QED) is 0.921. The summed E-state index contributed by atoms with van der Waals surface area (Å²) in [6.45, 7) is 3.31. The molecule has 1 fully saturated rings. The molecule has 2 heterocycles. The number of hydrogen-bond acceptors (Lipinski definition) is 4. The number of hydrogen-bond donors (Lipinski definition) is 1. The summed E-state index contributed by atoms with van der Waals surface area (Å²) in [6, 6.07) is 6.12. The third kappa shape index (κ3) is 2.88. The van der Waals surface area contributed by atoms with E-state index >= 15 is 0 Å². The van der Waals surface area contributed by atoms with Crippen LogP contribution in [-0.4, -0.2) is 28.2 Å². The van der Waals surface area contributed by atoms with E-state index in [1.807, 2.05) is 6.92 Å². The molecule has 1 aliphatic rings. The summed E-state index contributed by atoms with van der Waals surface area (Å²) in [7, 11) is 0. The van der Waals surface area contributed by atoms with Gasteiger partial charge in [-0.05, 0) is 37.5 Å². The molecule has 110 valence electrons. The van der Waals surface area contributed by atoms with Crippen LogP contribution in [0.5, 0.6) is 0 Å². The van der Waals surface area contributed by atoms with Crippen molar-refractivity contribution in [2.45, 2.75) is 25.4 Å². The van der Waals surface area contributed by atoms with Crippen molar-refractivity contribution in [3.8, 4) is 0 Å². The predicted molar refractivity (Wildman–Crippen MR) is 78.5 cm³/mol. The minimum Gasteiger partial charge on any atom is -0.385 e. The van der Waals surface area contributed by atoms with E-state index in [-0.39, 0.29) is 5.82 Å². The van der Waals surface area contributed by atoms with Crippen LogP contribution in [0.3, 0.4) is 0 Å². The Morgan fingerprint density at radius 3 is 2.43 bits per heavy atom. The largest absolute Gasteiger partial charge is 0.385 e. The molecule has 1 N–H and O–H groups in total. The second-order valence-corrected chi connectivity index (χ2v) is 5.54. The maximum absolute atomic E-state index is 13.0. The highest BCUT2D eigenvalue weighted by Crippen LogP contribution is 2.33. The topological polar surface area (TPSA) is 49.2 Å². The van der Waals surface area contributed by atoms with E-state index in [2.05, 4.69) is 14.9 Å². The highest BCUT2D eigenvalue weighted by molar-refractivity contribution is 5.38. The van der Waals surface area contributed by atoms with Crippen molar-refractivity contribution in [2.24, 2.45) is 0 Å². The van der Waals surface area contributed by atoms with Gasteiger partial charge in [-0.1, -0.05) is 12.1 Å². The van der Waals surface area contributed by atoms with Gasteiger partial charge in [-0.25, -0.2) is 9.37 Å². The standard InChI is InChI=1S/C16H18FN3O/c1-12-10-18-11-15(19-12)20-8-6-16(21,7-9-20)13-2-4-14(17)5-3-13/h2-5,10-11,21H,6-9H2,1H3. The van der Waals surface area contributed by atoms with Crippen molar-refractivity contribution < 1.29 is 9.50 Å². The molecule has 0 atom stereocenters. The molecular formula is C16H18FN3O. The van der Waals surface area contributed by atoms with E-state index < -0.39 is 5.60 Å². The van der Waals surface area contributed by atoms with Crippen LogP contribution in [0.2, 0.25) is 0 Å². The van der Waals surface area contributed by atoms with Gasteiger partial charge in [0, 0.05) is 19.3 Å². The van der Waals surface area contributed by atoms with Gasteiger partial charge in [0.05, 0.1) is 17.5 Å². The Balaban J connectivity index is 1.73. The molecule has 0 amide bonds. The van der Waals surface area contributed by atoms with E-state index in [0.717, 1.165) is 17.1 Å². The van der Waals surface area contributed by atoms with Crippen LogP contribution >= 0.6 is 0 Å². The van der Waals surface area contributed by atoms with Crippen molar-refractivity contribution >= 4 is 5.82 Å². The van der Waals surface area contributed by atoms with E-state index in [4.69, 9.17) is 0 Å². The average Bonchev–Trinajstić information content (AvgIpc) is 2.48. The first-order valence-electron chi connectivity index (χ1n) is 7.09. The summed E-state index contributed by atoms with van der Waals surface area (Å²) in [4.78, 5) is 10.7. The molecular weight excluding hydrogens is 269 g/mol. The number of aliphatic hydroxyl groups is 1. The first kappa shape index (κ1) is 13.9. The van der Waals surface area contributed by atoms with Crippen molar-refractivity contribution in [2.75, 3.05) is 18.0 Å². The predicted octanol–water partition coefficient (Wildman–Crippen LogP) is 2.41. The summed E-state index contributed by atoms with van der Waals surface area (Å²) in [5.74, 6) is 0.561. The monoisotopic (exact) mass is 287 g/mol. The summed E-state index contributed by atoms with van der Waals surface area (Å²) in [6.07, 6.45) is 4.65. The zero-order valence-electron chi connectivity index (χ0n) is 12.0. The Bertz CT molecular complexity index is 622. The molecule has 5 heteroatoms. The first-order chi connectivity index (χ1) is 10.1. The maximum atomic E-state index is 13.0. The molecule has 0 unspecified atom stereocenters. The molecule has 2 aromatic rings. The van der Waals surface area contributed by atoms with Gasteiger partial charge in [0.15, 0.2) is 0 Å². The number of halogens is 1. The summed E-state index contributed by atoms with van der Waals surface area (Å²) < 4.78 is 13.0. The highest BCUT2D eigenvalue weighted by atomic mass is 19.1. The third-order valence-corrected chi connectivity index (χ3v) is 4.04. The van der Waals surface area contributed by atoms with Gasteiger partial charge in [-0.2, -0.15) is 0 Å². The zero-order chi connectivity index (χ0) is 14.9. The lowest BCUT2D eigenvalue weighted by molar-refractivity contribution is 0.0116. The molecule has 1 saturated heterocycles. The van der Waals surface area contributed by atoms with Crippen molar-refractivity contribution in [1.82, 2.24) is 9.97 Å². The fourth-order valence-corrected chi connectivity index (χ4v) is 2.76. The van der Waals surface area contributed by atoms with Gasteiger partial charge in [-0.15, -0.1) is 0 Å². The fraction of sp³-hybridized carbons (Fsp3) is 0.375. The van der Waals surface area contributed by atoms with Gasteiger partial charge in [0.25, 0.3) is 0 Å². The Morgan fingerprint density at radius 2 is 1.81 bits per heavy atom. The molecule has 0 saturated carbocycles. The minimum absolute atomic E-state index is 0.283. The number of piperidine rings is 1. The van der Waals surface area contributed by atoms with Gasteiger partial charge >= 0.3 is 0 Å². The molecule has 0 aliphatic carbocycles. The Morgan fingerprint density at radius 1 is 1.14 bits per heavy atom. The summed E-state index contributed by atoms with van der Waals surface area (Å²) in [5.41, 5.74) is 0.771. The second-order valence-electron chi connectivity index (χ2n) is 5.54. The van der Waals surface area contributed by atoms with Gasteiger partial charge < -0.3 is 10.0 Å². The van der Waals surface area contributed by atoms with E-state index in [0.29, 0.717) is 25.9 Å². The van der Waals surface area contributed by atoms with Crippen LogP contribution in [0.4, 0.5) is 10.2 Å². The van der Waals surface area contributed by atoms with Crippen LogP contribution in [-0.2, 0) is 5.60 Å². The van der Waals surface area contributed by atoms with Crippen LogP contribution < -0.4 is 4.90 Å². The Hall–Kier alpha value is -2.01. The van der Waals surface area contributed by atoms with Crippen molar-refractivity contribution in [3.63, 3.8) is 0 Å². The molecule has 0 bridgehead atoms. The number of anilines is 1. The SMILES string of the molecule is Cc1cncc(N2CCC(O)(c3ccc(F)cc3)CC2)n1. The fourth-order valence-electron chi connectivity index (χ4n) is 2.76. The van der Waals surface area contributed by atoms with Crippen molar-refractivity contribution in [1.29, 1.82) is 0 Å². The number of nitrogens with zero attached hydrogens (tertiary/aromatic N) is 3. The Kier molecular flexibility index (Phi) is 3.59. The lowest BCUT2D eigenvalue weighted by Gasteiger charge is -2.39. The maximum Gasteiger partial charge on any atom is 0.147 e. The molecule has 1 aromatic carbocycles. The van der Waals surface area contributed by atoms with E-state index in [1.165, 1.54) is 12.1 Å². The zero-order valence-corrected chi connectivity index (χ0v) is 12.0. The van der Waals surface area contributed by atoms with Crippen LogP contribution in [0, 0.1) is 12.7 Å². The van der Waals surface area contributed by atoms with Crippen LogP contribution in [0.15, 0.2) is 36.7 Å². The van der Waals surface area contributed by atoms with Gasteiger partial charge in [0.1, 0.15) is 11.6 Å². The third-order valence-electron chi connectivity index (χ3n) is 4.04. The number of aromatic nitrogens is 2. The lowest BCUT2D eigenvalue weighted by atomic mass is 9.84. The lowest BCUT2D eigenvalue weighted by Crippen LogP contribution is -2.43. The molecule has 21 heavy (non-hydrogen) atoms. The van der Waals surface area contributed by atoms with E-state index in [1.54, 1.807) is 24.5 Å².